The summed E-state index contributed by atoms with van der Waals surface area (Å²) in [5.74, 6) is 0.862. The van der Waals surface area contributed by atoms with Crippen molar-refractivity contribution in [2.24, 2.45) is 5.92 Å². The number of hydrogen-bond acceptors (Lipinski definition) is 0. The molecule has 0 nitrogen and oxygen atoms in total. The average molecular weight is 471 g/mol. The number of fused-ring (bicyclic) bond motifs is 5. The highest BCUT2D eigenvalue weighted by molar-refractivity contribution is 5.82. The first-order valence-electron chi connectivity index (χ1n) is 13.6. The highest BCUT2D eigenvalue weighted by atomic mass is 14.4. The molecule has 3 aliphatic rings. The van der Waals surface area contributed by atoms with Crippen LogP contribution >= 0.6 is 0 Å². The number of rotatable bonds is 3. The quantitative estimate of drug-likeness (QED) is 0.364. The highest BCUT2D eigenvalue weighted by Gasteiger charge is 2.32. The van der Waals surface area contributed by atoms with Gasteiger partial charge in [-0.1, -0.05) is 132 Å². The topological polar surface area (TPSA) is 0 Å². The van der Waals surface area contributed by atoms with E-state index in [2.05, 4.69) is 127 Å². The molecule has 0 radical (unpaired) electrons. The summed E-state index contributed by atoms with van der Waals surface area (Å²) >= 11 is 0. The molecule has 0 aliphatic heterocycles. The van der Waals surface area contributed by atoms with Crippen molar-refractivity contribution in [2.75, 3.05) is 0 Å². The van der Waals surface area contributed by atoms with Gasteiger partial charge in [0.25, 0.3) is 0 Å². The van der Waals surface area contributed by atoms with E-state index in [1.165, 1.54) is 49.4 Å². The minimum atomic E-state index is 0.146. The molecule has 1 atom stereocenters. The third-order valence-electron chi connectivity index (χ3n) is 8.56. The lowest BCUT2D eigenvalue weighted by Crippen LogP contribution is -2.23. The molecular formula is C36H38. The van der Waals surface area contributed by atoms with Crippen molar-refractivity contribution >= 4 is 11.1 Å². The first-order valence-corrected chi connectivity index (χ1v) is 13.6. The molecule has 0 heteroatoms. The molecule has 182 valence electrons. The molecular weight excluding hydrogens is 432 g/mol. The molecule has 1 unspecified atom stereocenters. The lowest BCUT2D eigenvalue weighted by Gasteiger charge is -2.23. The van der Waals surface area contributed by atoms with Gasteiger partial charge in [-0.25, -0.2) is 0 Å². The van der Waals surface area contributed by atoms with E-state index in [4.69, 9.17) is 0 Å². The second-order valence-corrected chi connectivity index (χ2v) is 12.9. The Morgan fingerprint density at radius 2 is 1.25 bits per heavy atom. The fraction of sp³-hybridized carbons (Fsp3) is 0.333. The summed E-state index contributed by atoms with van der Waals surface area (Å²) in [4.78, 5) is 0. The van der Waals surface area contributed by atoms with Gasteiger partial charge in [0.2, 0.25) is 0 Å². The number of benzene rings is 3. The zero-order valence-electron chi connectivity index (χ0n) is 22.7. The lowest BCUT2D eigenvalue weighted by molar-refractivity contribution is 0.586. The predicted molar refractivity (Wildman–Crippen MR) is 155 cm³/mol. The average Bonchev–Trinajstić information content (AvgIpc) is 3.33. The summed E-state index contributed by atoms with van der Waals surface area (Å²) in [7, 11) is 0. The van der Waals surface area contributed by atoms with E-state index in [-0.39, 0.29) is 10.8 Å². The summed E-state index contributed by atoms with van der Waals surface area (Å²) in [5.41, 5.74) is 12.2. The molecule has 0 aromatic heterocycles. The van der Waals surface area contributed by atoms with Crippen molar-refractivity contribution < 1.29 is 0 Å². The van der Waals surface area contributed by atoms with Crippen molar-refractivity contribution in [3.8, 4) is 11.1 Å². The van der Waals surface area contributed by atoms with E-state index >= 15 is 0 Å². The molecule has 0 saturated heterocycles. The van der Waals surface area contributed by atoms with Gasteiger partial charge < -0.3 is 0 Å². The van der Waals surface area contributed by atoms with Gasteiger partial charge in [0.05, 0.1) is 0 Å². The Labute approximate surface area is 216 Å². The zero-order chi connectivity index (χ0) is 25.2. The molecule has 0 amide bonds. The van der Waals surface area contributed by atoms with E-state index in [9.17, 15) is 0 Å². The zero-order valence-corrected chi connectivity index (χ0v) is 22.7. The first kappa shape index (κ1) is 23.3. The highest BCUT2D eigenvalue weighted by Crippen LogP contribution is 2.50. The molecule has 3 aliphatic carbocycles. The van der Waals surface area contributed by atoms with Crippen LogP contribution in [-0.4, -0.2) is 0 Å². The van der Waals surface area contributed by atoms with E-state index in [0.29, 0.717) is 11.8 Å². The molecule has 0 fully saturated rings. The SMILES string of the molecule is CC(C)(C)c1ccc2c(c1)C(CCC1=c3ccccc3=C3C=CC=CC31)c1cc(C(C)(C)C)ccc1-2. The Bertz CT molecular complexity index is 1480. The summed E-state index contributed by atoms with van der Waals surface area (Å²) in [6, 6.07) is 23.6. The summed E-state index contributed by atoms with van der Waals surface area (Å²) in [5, 5.41) is 2.88. The lowest BCUT2D eigenvalue weighted by atomic mass is 9.81. The summed E-state index contributed by atoms with van der Waals surface area (Å²) in [6.45, 7) is 14.0. The summed E-state index contributed by atoms with van der Waals surface area (Å²) in [6.07, 6.45) is 11.4. The monoisotopic (exact) mass is 470 g/mol. The Morgan fingerprint density at radius 1 is 0.667 bits per heavy atom. The Balaban J connectivity index is 1.45. The minimum Gasteiger partial charge on any atom is -0.0729 e. The van der Waals surface area contributed by atoms with Crippen LogP contribution in [0.3, 0.4) is 0 Å². The van der Waals surface area contributed by atoms with E-state index in [1.54, 1.807) is 5.57 Å². The van der Waals surface area contributed by atoms with Crippen LogP contribution < -0.4 is 10.4 Å². The molecule has 0 spiro atoms. The van der Waals surface area contributed by atoms with Crippen LogP contribution in [0.4, 0.5) is 0 Å². The minimum absolute atomic E-state index is 0.146. The third kappa shape index (κ3) is 3.74. The van der Waals surface area contributed by atoms with Crippen molar-refractivity contribution in [1.82, 2.24) is 0 Å². The van der Waals surface area contributed by atoms with E-state index in [1.807, 2.05) is 0 Å². The van der Waals surface area contributed by atoms with Crippen LogP contribution in [0.1, 0.15) is 82.6 Å². The first-order chi connectivity index (χ1) is 17.1. The van der Waals surface area contributed by atoms with Gasteiger partial charge in [-0.2, -0.15) is 0 Å². The van der Waals surface area contributed by atoms with Crippen molar-refractivity contribution in [3.05, 3.63) is 118 Å². The van der Waals surface area contributed by atoms with Crippen molar-refractivity contribution in [2.45, 2.75) is 71.1 Å². The number of allylic oxidation sites excluding steroid dienone is 4. The smallest absolute Gasteiger partial charge is 0.0246 e. The van der Waals surface area contributed by atoms with Crippen LogP contribution in [0.2, 0.25) is 0 Å². The normalized spacial score (nSPS) is 18.3. The van der Waals surface area contributed by atoms with Gasteiger partial charge in [0.15, 0.2) is 0 Å². The standard InChI is InChI=1S/C36H38/c1-35(2,3)23-15-17-30-31-18-16-24(36(4,5)6)22-34(31)32(33(30)21-23)20-19-29-27-13-9-7-11-25(27)26-12-8-10-14-28(26)29/h7-18,21-22,27,32H,19-20H2,1-6H3. The molecule has 3 aromatic rings. The molecule has 6 rings (SSSR count). The molecule has 0 bridgehead atoms. The molecule has 36 heavy (non-hydrogen) atoms. The maximum Gasteiger partial charge on any atom is 0.0246 e. The van der Waals surface area contributed by atoms with Crippen LogP contribution in [0.5, 0.6) is 0 Å². The van der Waals surface area contributed by atoms with Crippen LogP contribution in [0.25, 0.3) is 22.3 Å². The van der Waals surface area contributed by atoms with Crippen LogP contribution in [0.15, 0.2) is 85.0 Å². The Kier molecular flexibility index (Phi) is 5.31. The van der Waals surface area contributed by atoms with Gasteiger partial charge in [0.1, 0.15) is 0 Å². The third-order valence-corrected chi connectivity index (χ3v) is 8.56. The second-order valence-electron chi connectivity index (χ2n) is 12.9. The summed E-state index contributed by atoms with van der Waals surface area (Å²) < 4.78 is 0. The molecule has 0 saturated carbocycles. The largest absolute Gasteiger partial charge is 0.0729 e. The van der Waals surface area contributed by atoms with Crippen LogP contribution in [0, 0.1) is 5.92 Å². The van der Waals surface area contributed by atoms with Crippen LogP contribution in [-0.2, 0) is 10.8 Å². The molecule has 0 N–H and O–H groups in total. The van der Waals surface area contributed by atoms with Crippen molar-refractivity contribution in [3.63, 3.8) is 0 Å². The fourth-order valence-electron chi connectivity index (χ4n) is 6.48. The second kappa shape index (κ2) is 8.20. The maximum atomic E-state index is 2.52. The van der Waals surface area contributed by atoms with Gasteiger partial charge in [-0.15, -0.1) is 0 Å². The van der Waals surface area contributed by atoms with E-state index < -0.39 is 0 Å². The van der Waals surface area contributed by atoms with Gasteiger partial charge in [-0.05, 0) is 73.1 Å². The predicted octanol–water partition coefficient (Wildman–Crippen LogP) is 7.93. The fourth-order valence-corrected chi connectivity index (χ4v) is 6.48. The van der Waals surface area contributed by atoms with Gasteiger partial charge >= 0.3 is 0 Å². The Hall–Kier alpha value is -3.12. The van der Waals surface area contributed by atoms with Crippen molar-refractivity contribution in [1.29, 1.82) is 0 Å². The number of hydrogen-bond donors (Lipinski definition) is 0. The van der Waals surface area contributed by atoms with Gasteiger partial charge in [0, 0.05) is 11.8 Å². The maximum absolute atomic E-state index is 2.52. The molecule has 0 heterocycles. The molecule has 3 aromatic carbocycles. The van der Waals surface area contributed by atoms with Gasteiger partial charge in [-0.3, -0.25) is 0 Å². The van der Waals surface area contributed by atoms with E-state index in [0.717, 1.165) is 12.8 Å². The Morgan fingerprint density at radius 3 is 1.83 bits per heavy atom.